The number of carbonyl (C=O) groups excluding carboxylic acids is 1. The standard InChI is InChI=1S/C7H16N2O2/c1-8-4-3-7(11)9(2)5-6-10/h8,10H,3-6H2,1-2H3. The second-order valence-corrected chi connectivity index (χ2v) is 2.39. The first-order chi connectivity index (χ1) is 5.22. The van der Waals surface area contributed by atoms with E-state index in [4.69, 9.17) is 5.11 Å². The van der Waals surface area contributed by atoms with Gasteiger partial charge in [0, 0.05) is 26.6 Å². The summed E-state index contributed by atoms with van der Waals surface area (Å²) in [6, 6.07) is 0. The molecule has 0 aliphatic heterocycles. The Labute approximate surface area is 67.2 Å². The Morgan fingerprint density at radius 3 is 2.73 bits per heavy atom. The van der Waals surface area contributed by atoms with Crippen molar-refractivity contribution < 1.29 is 9.90 Å². The monoisotopic (exact) mass is 160 g/mol. The number of hydrogen-bond acceptors (Lipinski definition) is 3. The highest BCUT2D eigenvalue weighted by atomic mass is 16.3. The van der Waals surface area contributed by atoms with Crippen molar-refractivity contribution in [1.29, 1.82) is 0 Å². The SMILES string of the molecule is CNCCC(=O)N(C)CCO. The smallest absolute Gasteiger partial charge is 0.223 e. The first-order valence-electron chi connectivity index (χ1n) is 3.71. The molecular weight excluding hydrogens is 144 g/mol. The molecule has 0 saturated heterocycles. The van der Waals surface area contributed by atoms with Crippen molar-refractivity contribution in [1.82, 2.24) is 10.2 Å². The second kappa shape index (κ2) is 6.12. The number of likely N-dealkylation sites (N-methyl/N-ethyl adjacent to an activating group) is 1. The summed E-state index contributed by atoms with van der Waals surface area (Å²) in [5.74, 6) is 0.0633. The number of hydrogen-bond donors (Lipinski definition) is 2. The lowest BCUT2D eigenvalue weighted by atomic mass is 10.3. The molecule has 0 bridgehead atoms. The number of carbonyl (C=O) groups is 1. The van der Waals surface area contributed by atoms with Gasteiger partial charge in [0.05, 0.1) is 6.61 Å². The third-order valence-electron chi connectivity index (χ3n) is 1.45. The van der Waals surface area contributed by atoms with Crippen molar-refractivity contribution in [2.75, 3.05) is 33.8 Å². The Balaban J connectivity index is 3.47. The van der Waals surface area contributed by atoms with Crippen LogP contribution in [0.25, 0.3) is 0 Å². The average Bonchev–Trinajstić information content (AvgIpc) is 2.00. The molecule has 4 heteroatoms. The van der Waals surface area contributed by atoms with Gasteiger partial charge in [0.15, 0.2) is 0 Å². The number of aliphatic hydroxyl groups is 1. The summed E-state index contributed by atoms with van der Waals surface area (Å²) >= 11 is 0. The predicted molar refractivity (Wildman–Crippen MR) is 43.3 cm³/mol. The molecule has 0 aliphatic carbocycles. The van der Waals surface area contributed by atoms with Gasteiger partial charge in [-0.15, -0.1) is 0 Å². The number of amides is 1. The maximum absolute atomic E-state index is 11.1. The maximum Gasteiger partial charge on any atom is 0.223 e. The first-order valence-corrected chi connectivity index (χ1v) is 3.71. The lowest BCUT2D eigenvalue weighted by molar-refractivity contribution is -0.130. The van der Waals surface area contributed by atoms with E-state index in [1.54, 1.807) is 14.1 Å². The van der Waals surface area contributed by atoms with Gasteiger partial charge in [-0.2, -0.15) is 0 Å². The molecule has 1 amide bonds. The average molecular weight is 160 g/mol. The first kappa shape index (κ1) is 10.4. The van der Waals surface area contributed by atoms with Crippen molar-refractivity contribution in [3.05, 3.63) is 0 Å². The second-order valence-electron chi connectivity index (χ2n) is 2.39. The van der Waals surface area contributed by atoms with Crippen LogP contribution in [0.4, 0.5) is 0 Å². The van der Waals surface area contributed by atoms with Crippen LogP contribution in [0.1, 0.15) is 6.42 Å². The Bertz CT molecular complexity index is 117. The van der Waals surface area contributed by atoms with E-state index in [1.807, 2.05) is 0 Å². The normalized spacial score (nSPS) is 9.73. The highest BCUT2D eigenvalue weighted by Crippen LogP contribution is 1.87. The molecule has 0 aromatic rings. The van der Waals surface area contributed by atoms with E-state index in [9.17, 15) is 4.79 Å². The quantitative estimate of drug-likeness (QED) is 0.545. The Morgan fingerprint density at radius 2 is 2.27 bits per heavy atom. The highest BCUT2D eigenvalue weighted by Gasteiger charge is 2.05. The minimum Gasteiger partial charge on any atom is -0.395 e. The summed E-state index contributed by atoms with van der Waals surface area (Å²) in [6.45, 7) is 1.14. The summed E-state index contributed by atoms with van der Waals surface area (Å²) < 4.78 is 0. The number of aliphatic hydroxyl groups excluding tert-OH is 1. The highest BCUT2D eigenvalue weighted by molar-refractivity contribution is 5.75. The fraction of sp³-hybridized carbons (Fsp3) is 0.857. The molecule has 0 rings (SSSR count). The van der Waals surface area contributed by atoms with Crippen LogP contribution in [0.3, 0.4) is 0 Å². The molecule has 0 spiro atoms. The van der Waals surface area contributed by atoms with Crippen molar-refractivity contribution in [3.63, 3.8) is 0 Å². The Kier molecular flexibility index (Phi) is 5.78. The largest absolute Gasteiger partial charge is 0.395 e. The van der Waals surface area contributed by atoms with E-state index < -0.39 is 0 Å². The summed E-state index contributed by atoms with van der Waals surface area (Å²) in [6.07, 6.45) is 0.493. The maximum atomic E-state index is 11.1. The number of rotatable bonds is 5. The molecule has 4 nitrogen and oxygen atoms in total. The fourth-order valence-electron chi connectivity index (χ4n) is 0.697. The van der Waals surface area contributed by atoms with Gasteiger partial charge in [0.25, 0.3) is 0 Å². The minimum absolute atomic E-state index is 0.0296. The molecule has 11 heavy (non-hydrogen) atoms. The van der Waals surface area contributed by atoms with Gasteiger partial charge in [0.1, 0.15) is 0 Å². The van der Waals surface area contributed by atoms with E-state index in [2.05, 4.69) is 5.32 Å². The molecule has 0 aromatic carbocycles. The summed E-state index contributed by atoms with van der Waals surface area (Å²) in [7, 11) is 3.49. The fourth-order valence-corrected chi connectivity index (χ4v) is 0.697. The molecule has 0 radical (unpaired) electrons. The van der Waals surface area contributed by atoms with Crippen molar-refractivity contribution in [2.24, 2.45) is 0 Å². The topological polar surface area (TPSA) is 52.6 Å². The van der Waals surface area contributed by atoms with Gasteiger partial charge in [-0.1, -0.05) is 0 Å². The summed E-state index contributed by atoms with van der Waals surface area (Å²) in [5, 5.41) is 11.4. The Morgan fingerprint density at radius 1 is 1.64 bits per heavy atom. The molecule has 0 heterocycles. The van der Waals surface area contributed by atoms with E-state index in [0.29, 0.717) is 19.5 Å². The van der Waals surface area contributed by atoms with E-state index in [1.165, 1.54) is 4.90 Å². The number of nitrogens with one attached hydrogen (secondary N) is 1. The van der Waals surface area contributed by atoms with Gasteiger partial charge in [0.2, 0.25) is 5.91 Å². The molecule has 2 N–H and O–H groups in total. The summed E-state index contributed by atoms with van der Waals surface area (Å²) in [4.78, 5) is 12.6. The molecule has 0 unspecified atom stereocenters. The van der Waals surface area contributed by atoms with Crippen LogP contribution in [-0.4, -0.2) is 49.7 Å². The van der Waals surface area contributed by atoms with Crippen LogP contribution in [0.15, 0.2) is 0 Å². The van der Waals surface area contributed by atoms with Crippen LogP contribution in [-0.2, 0) is 4.79 Å². The van der Waals surface area contributed by atoms with Crippen molar-refractivity contribution >= 4 is 5.91 Å². The van der Waals surface area contributed by atoms with Crippen LogP contribution >= 0.6 is 0 Å². The molecule has 0 aromatic heterocycles. The molecule has 0 aliphatic rings. The van der Waals surface area contributed by atoms with E-state index in [0.717, 1.165) is 0 Å². The van der Waals surface area contributed by atoms with E-state index >= 15 is 0 Å². The lowest BCUT2D eigenvalue weighted by Crippen LogP contribution is -2.31. The molecular formula is C7H16N2O2. The minimum atomic E-state index is 0.0296. The zero-order chi connectivity index (χ0) is 8.69. The van der Waals surface area contributed by atoms with Gasteiger partial charge in [-0.25, -0.2) is 0 Å². The predicted octanol–water partition coefficient (Wildman–Crippen LogP) is -0.953. The molecule has 0 atom stereocenters. The molecule has 66 valence electrons. The zero-order valence-corrected chi connectivity index (χ0v) is 7.13. The van der Waals surface area contributed by atoms with Gasteiger partial charge >= 0.3 is 0 Å². The van der Waals surface area contributed by atoms with Gasteiger partial charge in [-0.05, 0) is 7.05 Å². The third kappa shape index (κ3) is 4.75. The Hall–Kier alpha value is -0.610. The van der Waals surface area contributed by atoms with Crippen LogP contribution in [0.5, 0.6) is 0 Å². The summed E-state index contributed by atoms with van der Waals surface area (Å²) in [5.41, 5.74) is 0. The van der Waals surface area contributed by atoms with Crippen LogP contribution in [0, 0.1) is 0 Å². The zero-order valence-electron chi connectivity index (χ0n) is 7.13. The van der Waals surface area contributed by atoms with Crippen LogP contribution in [0.2, 0.25) is 0 Å². The van der Waals surface area contributed by atoms with Crippen LogP contribution < -0.4 is 5.32 Å². The van der Waals surface area contributed by atoms with Crippen molar-refractivity contribution in [2.45, 2.75) is 6.42 Å². The van der Waals surface area contributed by atoms with Gasteiger partial charge in [-0.3, -0.25) is 4.79 Å². The lowest BCUT2D eigenvalue weighted by Gasteiger charge is -2.14. The molecule has 0 saturated carbocycles. The van der Waals surface area contributed by atoms with E-state index in [-0.39, 0.29) is 12.5 Å². The van der Waals surface area contributed by atoms with Crippen molar-refractivity contribution in [3.8, 4) is 0 Å². The number of nitrogens with zero attached hydrogens (tertiary/aromatic N) is 1. The van der Waals surface area contributed by atoms with Gasteiger partial charge < -0.3 is 15.3 Å². The molecule has 0 fully saturated rings. The third-order valence-corrected chi connectivity index (χ3v) is 1.45.